The van der Waals surface area contributed by atoms with Crippen molar-refractivity contribution in [1.82, 2.24) is 0 Å². The number of ether oxygens (including phenoxy) is 2. The lowest BCUT2D eigenvalue weighted by atomic mass is 9.99. The first-order valence-corrected chi connectivity index (χ1v) is 9.32. The smallest absolute Gasteiger partial charge is 0.394 e. The van der Waals surface area contributed by atoms with E-state index in [9.17, 15) is 40.1 Å². The Labute approximate surface area is 152 Å². The van der Waals surface area contributed by atoms with E-state index in [4.69, 9.17) is 19.7 Å². The Morgan fingerprint density at radius 3 is 1.30 bits per heavy atom. The maximum absolute atomic E-state index is 12.1. The molecule has 0 aromatic rings. The van der Waals surface area contributed by atoms with E-state index in [1.54, 1.807) is 0 Å². The van der Waals surface area contributed by atoms with E-state index in [0.717, 1.165) is 0 Å². The van der Waals surface area contributed by atoms with Gasteiger partial charge in [-0.05, 0) is 0 Å². The maximum atomic E-state index is 12.1. The van der Waals surface area contributed by atoms with E-state index in [-0.39, 0.29) is 0 Å². The van der Waals surface area contributed by atoms with Crippen LogP contribution in [0.1, 0.15) is 0 Å². The molecule has 2 aliphatic heterocycles. The summed E-state index contributed by atoms with van der Waals surface area (Å²) in [4.78, 5) is 9.79. The molecule has 2 unspecified atom stereocenters. The lowest BCUT2D eigenvalue weighted by Gasteiger charge is -2.41. The molecule has 27 heavy (non-hydrogen) atoms. The largest absolute Gasteiger partial charge is 0.477 e. The van der Waals surface area contributed by atoms with Crippen molar-refractivity contribution in [2.45, 2.75) is 61.4 Å². The van der Waals surface area contributed by atoms with E-state index in [0.29, 0.717) is 0 Å². The number of hydrogen-bond donors (Lipinski definition) is 9. The number of aliphatic hydroxyl groups is 8. The third-order valence-electron chi connectivity index (χ3n) is 4.17. The molecule has 160 valence electrons. The standard InChI is InChI=1S/C12H23O14P/c13-1-3-5(15)7(17)9(19)11(23-3)25-27(21,22)26-12-10(20)8(18)6(16)4(2-14)24-12/h3-20H,1-2H2,(H,21,22)/t3-,4-,5-,6-,7+,8+,9+,10+,11?,12?/m1/s1. The minimum absolute atomic E-state index is 0.811. The Kier molecular flexibility index (Phi) is 7.68. The Balaban J connectivity index is 2.06. The van der Waals surface area contributed by atoms with Crippen LogP contribution in [0, 0.1) is 0 Å². The second-order valence-electron chi connectivity index (χ2n) is 6.07. The third-order valence-corrected chi connectivity index (χ3v) is 5.12. The topological polar surface area (TPSA) is 236 Å². The van der Waals surface area contributed by atoms with Crippen LogP contribution < -0.4 is 0 Å². The van der Waals surface area contributed by atoms with Crippen molar-refractivity contribution in [2.75, 3.05) is 13.2 Å². The Morgan fingerprint density at radius 1 is 0.667 bits per heavy atom. The summed E-state index contributed by atoms with van der Waals surface area (Å²) in [6, 6.07) is 0. The van der Waals surface area contributed by atoms with E-state index in [1.807, 2.05) is 0 Å². The highest BCUT2D eigenvalue weighted by Gasteiger charge is 2.50. The Morgan fingerprint density at radius 2 is 1.00 bits per heavy atom. The molecule has 0 aliphatic carbocycles. The van der Waals surface area contributed by atoms with Gasteiger partial charge >= 0.3 is 7.82 Å². The molecule has 9 N–H and O–H groups in total. The van der Waals surface area contributed by atoms with Gasteiger partial charge in [-0.25, -0.2) is 4.57 Å². The third kappa shape index (κ3) is 5.01. The van der Waals surface area contributed by atoms with Gasteiger partial charge in [0.1, 0.15) is 48.8 Å². The molecule has 2 rings (SSSR count). The summed E-state index contributed by atoms with van der Waals surface area (Å²) in [5.41, 5.74) is 0. The highest BCUT2D eigenvalue weighted by atomic mass is 31.2. The predicted molar refractivity (Wildman–Crippen MR) is 79.5 cm³/mol. The summed E-state index contributed by atoms with van der Waals surface area (Å²) >= 11 is 0. The van der Waals surface area contributed by atoms with Crippen molar-refractivity contribution < 1.29 is 68.8 Å². The van der Waals surface area contributed by atoms with Gasteiger partial charge < -0.3 is 55.2 Å². The molecule has 0 bridgehead atoms. The highest BCUT2D eigenvalue weighted by molar-refractivity contribution is 7.47. The first-order valence-electron chi connectivity index (χ1n) is 7.83. The zero-order valence-electron chi connectivity index (χ0n) is 13.7. The first kappa shape index (κ1) is 23.0. The van der Waals surface area contributed by atoms with Gasteiger partial charge in [-0.1, -0.05) is 0 Å². The van der Waals surface area contributed by atoms with Crippen molar-refractivity contribution >= 4 is 7.82 Å². The summed E-state index contributed by atoms with van der Waals surface area (Å²) in [5, 5.41) is 76.2. The molecule has 2 fully saturated rings. The Bertz CT molecular complexity index is 488. The van der Waals surface area contributed by atoms with Crippen LogP contribution in [0.4, 0.5) is 0 Å². The molecule has 15 heteroatoms. The first-order chi connectivity index (χ1) is 12.5. The fraction of sp³-hybridized carbons (Fsp3) is 1.00. The van der Waals surface area contributed by atoms with E-state index < -0.39 is 82.4 Å². The van der Waals surface area contributed by atoms with Crippen LogP contribution in [0.3, 0.4) is 0 Å². The summed E-state index contributed by atoms with van der Waals surface area (Å²) in [7, 11) is -5.19. The second-order valence-corrected chi connectivity index (χ2v) is 7.43. The van der Waals surface area contributed by atoms with Gasteiger partial charge in [-0.3, -0.25) is 9.05 Å². The van der Waals surface area contributed by atoms with Crippen LogP contribution in [0.25, 0.3) is 0 Å². The zero-order chi connectivity index (χ0) is 20.5. The van der Waals surface area contributed by atoms with Crippen molar-refractivity contribution in [3.63, 3.8) is 0 Å². The van der Waals surface area contributed by atoms with Crippen LogP contribution in [0.2, 0.25) is 0 Å². The number of rotatable bonds is 6. The highest BCUT2D eigenvalue weighted by Crippen LogP contribution is 2.49. The molecule has 2 saturated heterocycles. The summed E-state index contributed by atoms with van der Waals surface area (Å²) in [6.45, 7) is -1.62. The fourth-order valence-electron chi connectivity index (χ4n) is 2.60. The van der Waals surface area contributed by atoms with Crippen molar-refractivity contribution in [3.05, 3.63) is 0 Å². The SMILES string of the molecule is O=P(O)(OC1O[C@H](CO)[C@@H](O)[C@H](O)[C@@H]1O)OC1O[C@H](CO)[C@@H](O)[C@H](O)[C@@H]1O. The number of hydrogen-bond acceptors (Lipinski definition) is 13. The summed E-state index contributed by atoms with van der Waals surface area (Å²) in [6.07, 6.45) is -18.1. The molecule has 0 radical (unpaired) electrons. The van der Waals surface area contributed by atoms with Crippen LogP contribution >= 0.6 is 7.82 Å². The van der Waals surface area contributed by atoms with Gasteiger partial charge in [0.2, 0.25) is 0 Å². The van der Waals surface area contributed by atoms with Crippen LogP contribution in [0.5, 0.6) is 0 Å². The van der Waals surface area contributed by atoms with E-state index in [2.05, 4.69) is 9.05 Å². The van der Waals surface area contributed by atoms with Crippen molar-refractivity contribution in [1.29, 1.82) is 0 Å². The Hall–Kier alpha value is -0.290. The predicted octanol–water partition coefficient (Wildman–Crippen LogP) is -5.28. The monoisotopic (exact) mass is 422 g/mol. The fourth-order valence-corrected chi connectivity index (χ4v) is 3.52. The molecule has 0 aromatic carbocycles. The lowest BCUT2D eigenvalue weighted by molar-refractivity contribution is -0.296. The molecule has 10 atom stereocenters. The van der Waals surface area contributed by atoms with Gasteiger partial charge in [0.05, 0.1) is 13.2 Å². The quantitative estimate of drug-likeness (QED) is 0.182. The van der Waals surface area contributed by atoms with Gasteiger partial charge in [0.15, 0.2) is 12.6 Å². The number of aliphatic hydroxyl groups excluding tert-OH is 8. The average Bonchev–Trinajstić information content (AvgIpc) is 2.62. The maximum Gasteiger partial charge on any atom is 0.477 e. The molecule has 2 heterocycles. The molecule has 0 aromatic heterocycles. The van der Waals surface area contributed by atoms with Crippen LogP contribution in [-0.4, -0.2) is 120 Å². The molecule has 0 spiro atoms. The number of phosphoric acid groups is 1. The normalized spacial score (nSPS) is 48.2. The molecule has 0 amide bonds. The van der Waals surface area contributed by atoms with Crippen LogP contribution in [0.15, 0.2) is 0 Å². The number of phosphoric ester groups is 1. The molecule has 2 aliphatic rings. The molecular weight excluding hydrogens is 399 g/mol. The van der Waals surface area contributed by atoms with Crippen molar-refractivity contribution in [2.24, 2.45) is 0 Å². The van der Waals surface area contributed by atoms with Crippen LogP contribution in [-0.2, 0) is 23.1 Å². The van der Waals surface area contributed by atoms with Gasteiger partial charge in [0, 0.05) is 0 Å². The average molecular weight is 422 g/mol. The van der Waals surface area contributed by atoms with Crippen molar-refractivity contribution in [3.8, 4) is 0 Å². The second kappa shape index (κ2) is 9.02. The van der Waals surface area contributed by atoms with E-state index >= 15 is 0 Å². The zero-order valence-corrected chi connectivity index (χ0v) is 14.6. The summed E-state index contributed by atoms with van der Waals surface area (Å²) < 4.78 is 31.0. The van der Waals surface area contributed by atoms with E-state index in [1.165, 1.54) is 0 Å². The minimum atomic E-state index is -5.19. The molecule has 14 nitrogen and oxygen atoms in total. The minimum Gasteiger partial charge on any atom is -0.394 e. The molecular formula is C12H23O14P. The summed E-state index contributed by atoms with van der Waals surface area (Å²) in [5.74, 6) is 0. The van der Waals surface area contributed by atoms with Gasteiger partial charge in [-0.2, -0.15) is 0 Å². The van der Waals surface area contributed by atoms with Gasteiger partial charge in [0.25, 0.3) is 0 Å². The molecule has 0 saturated carbocycles. The van der Waals surface area contributed by atoms with Gasteiger partial charge in [-0.15, -0.1) is 0 Å². The lowest BCUT2D eigenvalue weighted by Crippen LogP contribution is -2.59.